The zero-order valence-corrected chi connectivity index (χ0v) is 25.6. The summed E-state index contributed by atoms with van der Waals surface area (Å²) >= 11 is 2.58. The van der Waals surface area contributed by atoms with Gasteiger partial charge in [-0.05, 0) is 74.9 Å². The lowest BCUT2D eigenvalue weighted by Crippen LogP contribution is -2.16. The molecule has 218 valence electrons. The molecule has 4 aromatic rings. The molecule has 5 rings (SSSR count). The predicted molar refractivity (Wildman–Crippen MR) is 168 cm³/mol. The first-order chi connectivity index (χ1) is 20.4. The molecule has 10 heteroatoms. The molecule has 0 aliphatic heterocycles. The number of aromatic nitrogens is 3. The predicted octanol–water partition coefficient (Wildman–Crippen LogP) is 7.32. The van der Waals surface area contributed by atoms with Crippen molar-refractivity contribution in [3.63, 3.8) is 0 Å². The van der Waals surface area contributed by atoms with Gasteiger partial charge in [-0.3, -0.25) is 9.36 Å². The van der Waals surface area contributed by atoms with E-state index in [1.807, 2.05) is 66.3 Å². The minimum Gasteiger partial charge on any atom is -0.490 e. The number of amides is 1. The number of nitrogens with one attached hydrogen (secondary N) is 1. The number of anilines is 1. The average Bonchev–Trinajstić information content (AvgIpc) is 3.74. The van der Waals surface area contributed by atoms with Crippen molar-refractivity contribution in [2.45, 2.75) is 57.3 Å². The smallest absolute Gasteiger partial charge is 0.341 e. The number of thioether (sulfide) groups is 1. The van der Waals surface area contributed by atoms with Gasteiger partial charge in [0.25, 0.3) is 0 Å². The summed E-state index contributed by atoms with van der Waals surface area (Å²) < 4.78 is 13.1. The number of hydrogen-bond donors (Lipinski definition) is 1. The van der Waals surface area contributed by atoms with Crippen LogP contribution in [0, 0.1) is 13.8 Å². The lowest BCUT2D eigenvalue weighted by atomic mass is 9.97. The second kappa shape index (κ2) is 13.4. The highest BCUT2D eigenvalue weighted by molar-refractivity contribution is 7.99. The Morgan fingerprint density at radius 2 is 1.88 bits per heavy atom. The normalized spacial score (nSPS) is 13.2. The minimum atomic E-state index is -0.495. The fraction of sp³-hybridized carbons (Fsp3) is 0.312. The van der Waals surface area contributed by atoms with Crippen molar-refractivity contribution in [1.82, 2.24) is 14.8 Å². The molecule has 1 aliphatic rings. The maximum atomic E-state index is 13.1. The highest BCUT2D eigenvalue weighted by Gasteiger charge is 2.24. The van der Waals surface area contributed by atoms with Gasteiger partial charge in [0.2, 0.25) is 5.91 Å². The van der Waals surface area contributed by atoms with Crippen molar-refractivity contribution in [2.75, 3.05) is 18.2 Å². The molecule has 0 spiro atoms. The maximum Gasteiger partial charge on any atom is 0.341 e. The van der Waals surface area contributed by atoms with E-state index in [4.69, 9.17) is 9.47 Å². The maximum absolute atomic E-state index is 13.1. The van der Waals surface area contributed by atoms with Gasteiger partial charge in [0.1, 0.15) is 16.3 Å². The molecule has 8 nitrogen and oxygen atoms in total. The van der Waals surface area contributed by atoms with Gasteiger partial charge < -0.3 is 14.8 Å². The molecule has 1 saturated carbocycles. The molecule has 0 saturated heterocycles. The van der Waals surface area contributed by atoms with E-state index < -0.39 is 5.97 Å². The molecule has 1 N–H and O–H groups in total. The third-order valence-electron chi connectivity index (χ3n) is 7.20. The van der Waals surface area contributed by atoms with Gasteiger partial charge in [-0.1, -0.05) is 41.6 Å². The summed E-state index contributed by atoms with van der Waals surface area (Å²) in [4.78, 5) is 25.9. The van der Waals surface area contributed by atoms with Gasteiger partial charge in [-0.2, -0.15) is 0 Å². The monoisotopic (exact) mass is 602 g/mol. The summed E-state index contributed by atoms with van der Waals surface area (Å²) in [6.07, 6.45) is 6.73. The quantitative estimate of drug-likeness (QED) is 0.109. The molecular weight excluding hydrogens is 569 g/mol. The average molecular weight is 603 g/mol. The number of rotatable bonds is 11. The Kier molecular flexibility index (Phi) is 9.44. The molecule has 1 aliphatic carbocycles. The van der Waals surface area contributed by atoms with Crippen LogP contribution in [0.4, 0.5) is 5.00 Å². The van der Waals surface area contributed by atoms with Crippen molar-refractivity contribution < 1.29 is 19.1 Å². The number of aryl methyl sites for hydroxylation is 2. The molecule has 0 atom stereocenters. The number of hydrogen-bond acceptors (Lipinski definition) is 8. The van der Waals surface area contributed by atoms with E-state index in [1.165, 1.54) is 43.1 Å². The number of allylic oxidation sites excluding steroid dienone is 1. The van der Waals surface area contributed by atoms with Crippen molar-refractivity contribution in [3.05, 3.63) is 77.2 Å². The highest BCUT2D eigenvalue weighted by Crippen LogP contribution is 2.38. The SMILES string of the molecule is C=CCn1c(SCC(=O)Nc2scc(-c3cc(C)ccc3C)c2C(=O)OC)nnc1-c1ccc(OC2CCCC2)cc1. The van der Waals surface area contributed by atoms with Crippen LogP contribution in [0.3, 0.4) is 0 Å². The number of carbonyl (C=O) groups is 2. The number of methoxy groups -OCH3 is 1. The summed E-state index contributed by atoms with van der Waals surface area (Å²) in [6, 6.07) is 14.0. The Labute approximate surface area is 254 Å². The molecule has 0 unspecified atom stereocenters. The second-order valence-corrected chi connectivity index (χ2v) is 12.1. The lowest BCUT2D eigenvalue weighted by molar-refractivity contribution is -0.113. The number of benzene rings is 2. The van der Waals surface area contributed by atoms with Gasteiger partial charge >= 0.3 is 5.97 Å². The lowest BCUT2D eigenvalue weighted by Gasteiger charge is -2.13. The molecule has 2 aromatic carbocycles. The minimum absolute atomic E-state index is 0.0841. The van der Waals surface area contributed by atoms with Crippen LogP contribution >= 0.6 is 23.1 Å². The van der Waals surface area contributed by atoms with Crippen LogP contribution in [-0.4, -0.2) is 45.6 Å². The van der Waals surface area contributed by atoms with E-state index in [9.17, 15) is 9.59 Å². The van der Waals surface area contributed by atoms with Gasteiger partial charge in [-0.25, -0.2) is 4.79 Å². The summed E-state index contributed by atoms with van der Waals surface area (Å²) in [5.41, 5.74) is 5.05. The Balaban J connectivity index is 1.30. The fourth-order valence-corrected chi connectivity index (χ4v) is 6.77. The van der Waals surface area contributed by atoms with Crippen LogP contribution in [0.25, 0.3) is 22.5 Å². The first-order valence-corrected chi connectivity index (χ1v) is 15.8. The van der Waals surface area contributed by atoms with E-state index in [1.54, 1.807) is 6.08 Å². The highest BCUT2D eigenvalue weighted by atomic mass is 32.2. The largest absolute Gasteiger partial charge is 0.490 e. The standard InChI is InChI=1S/C32H34N4O4S2/c1-5-16-36-29(22-12-14-24(15-13-22)40-23-8-6-7-9-23)34-35-32(36)42-19-27(37)33-30-28(31(38)39-4)26(18-41-30)25-17-20(2)10-11-21(25)3/h5,10-15,17-18,23H,1,6-9,16,19H2,2-4H3,(H,33,37). The van der Waals surface area contributed by atoms with Crippen LogP contribution in [0.15, 0.2) is 65.7 Å². The number of nitrogens with zero attached hydrogens (tertiary/aromatic N) is 3. The molecular formula is C32H34N4O4S2. The molecule has 0 bridgehead atoms. The first kappa shape index (κ1) is 29.6. The van der Waals surface area contributed by atoms with Crippen LogP contribution in [0.5, 0.6) is 5.75 Å². The number of carbonyl (C=O) groups excluding carboxylic acids is 2. The van der Waals surface area contributed by atoms with Gasteiger partial charge in [-0.15, -0.1) is 28.1 Å². The van der Waals surface area contributed by atoms with Crippen molar-refractivity contribution in [3.8, 4) is 28.3 Å². The van der Waals surface area contributed by atoms with Crippen LogP contribution in [0.1, 0.15) is 47.2 Å². The molecule has 0 radical (unpaired) electrons. The van der Waals surface area contributed by atoms with E-state index in [0.717, 1.165) is 46.4 Å². The Morgan fingerprint density at radius 3 is 2.60 bits per heavy atom. The molecule has 2 heterocycles. The number of esters is 1. The van der Waals surface area contributed by atoms with Crippen LogP contribution < -0.4 is 10.1 Å². The van der Waals surface area contributed by atoms with Gasteiger partial charge in [0.05, 0.1) is 19.0 Å². The Bertz CT molecular complexity index is 1590. The van der Waals surface area contributed by atoms with Crippen molar-refractivity contribution in [1.29, 1.82) is 0 Å². The van der Waals surface area contributed by atoms with Crippen molar-refractivity contribution in [2.24, 2.45) is 0 Å². The van der Waals surface area contributed by atoms with E-state index in [0.29, 0.717) is 34.2 Å². The molecule has 1 amide bonds. The third-order valence-corrected chi connectivity index (χ3v) is 9.06. The van der Waals surface area contributed by atoms with Crippen LogP contribution in [-0.2, 0) is 16.1 Å². The summed E-state index contributed by atoms with van der Waals surface area (Å²) in [6.45, 7) is 8.37. The fourth-order valence-electron chi connectivity index (χ4n) is 5.06. The van der Waals surface area contributed by atoms with Crippen LogP contribution in [0.2, 0.25) is 0 Å². The first-order valence-electron chi connectivity index (χ1n) is 13.9. The second-order valence-electron chi connectivity index (χ2n) is 10.3. The van der Waals surface area contributed by atoms with E-state index in [2.05, 4.69) is 22.1 Å². The number of thiophene rings is 1. The zero-order valence-electron chi connectivity index (χ0n) is 24.0. The summed E-state index contributed by atoms with van der Waals surface area (Å²) in [5, 5.41) is 14.6. The zero-order chi connectivity index (χ0) is 29.6. The molecule has 1 fully saturated rings. The number of ether oxygens (including phenoxy) is 2. The summed E-state index contributed by atoms with van der Waals surface area (Å²) in [7, 11) is 1.34. The summed E-state index contributed by atoms with van der Waals surface area (Å²) in [5.74, 6) is 0.871. The van der Waals surface area contributed by atoms with E-state index in [-0.39, 0.29) is 11.7 Å². The molecule has 2 aromatic heterocycles. The van der Waals surface area contributed by atoms with Gasteiger partial charge in [0.15, 0.2) is 11.0 Å². The van der Waals surface area contributed by atoms with E-state index >= 15 is 0 Å². The molecule has 42 heavy (non-hydrogen) atoms. The van der Waals surface area contributed by atoms with Gasteiger partial charge in [0, 0.05) is 23.1 Å². The third kappa shape index (κ3) is 6.60. The Hall–Kier alpha value is -3.89. The topological polar surface area (TPSA) is 95.3 Å². The van der Waals surface area contributed by atoms with Crippen molar-refractivity contribution >= 4 is 40.0 Å². The Morgan fingerprint density at radius 1 is 1.12 bits per heavy atom.